The Morgan fingerprint density at radius 1 is 0.379 bits per heavy atom. The lowest BCUT2D eigenvalue weighted by Gasteiger charge is -2.37. The van der Waals surface area contributed by atoms with E-state index < -0.39 is 8.07 Å². The van der Waals surface area contributed by atoms with Crippen LogP contribution in [0.5, 0.6) is 0 Å². The number of nitriles is 1. The first-order valence-electron chi connectivity index (χ1n) is 19.3. The van der Waals surface area contributed by atoms with Crippen LogP contribution in [0.2, 0.25) is 0 Å². The van der Waals surface area contributed by atoms with Gasteiger partial charge < -0.3 is 0 Å². The van der Waals surface area contributed by atoms with Crippen LogP contribution >= 0.6 is 11.8 Å². The van der Waals surface area contributed by atoms with Crippen LogP contribution < -0.4 is 20.7 Å². The van der Waals surface area contributed by atoms with E-state index in [-0.39, 0.29) is 0 Å². The molecule has 6 heteroatoms. The van der Waals surface area contributed by atoms with Crippen LogP contribution in [0.1, 0.15) is 5.56 Å². The van der Waals surface area contributed by atoms with Gasteiger partial charge in [-0.15, -0.1) is 0 Å². The highest BCUT2D eigenvalue weighted by atomic mass is 32.2. The molecule has 4 nitrogen and oxygen atoms in total. The van der Waals surface area contributed by atoms with E-state index in [9.17, 15) is 5.26 Å². The Morgan fingerprint density at radius 2 is 0.862 bits per heavy atom. The second-order valence-corrected chi connectivity index (χ2v) is 19.4. The first-order valence-corrected chi connectivity index (χ1v) is 22.1. The first kappa shape index (κ1) is 34.1. The minimum atomic E-state index is -2.60. The molecule has 0 radical (unpaired) electrons. The molecule has 8 aromatic carbocycles. The van der Waals surface area contributed by atoms with Crippen LogP contribution in [0.25, 0.3) is 67.5 Å². The number of aromatic nitrogens is 3. The normalized spacial score (nSPS) is 12.9. The highest BCUT2D eigenvalue weighted by Gasteiger charge is 2.52. The summed E-state index contributed by atoms with van der Waals surface area (Å²) in [6, 6.07) is 71.1. The summed E-state index contributed by atoms with van der Waals surface area (Å²) < 4.78 is 0. The molecule has 11 rings (SSSR count). The lowest BCUT2D eigenvalue weighted by atomic mass is 9.94. The maximum Gasteiger partial charge on any atom is 0.183 e. The summed E-state index contributed by atoms with van der Waals surface area (Å²) in [6.07, 6.45) is 0. The number of hydrogen-bond acceptors (Lipinski definition) is 5. The van der Waals surface area contributed by atoms with Gasteiger partial charge in [0.2, 0.25) is 0 Å². The fourth-order valence-corrected chi connectivity index (χ4v) is 16.3. The van der Waals surface area contributed by atoms with E-state index in [4.69, 9.17) is 15.0 Å². The van der Waals surface area contributed by atoms with Crippen molar-refractivity contribution in [1.82, 2.24) is 15.0 Å². The van der Waals surface area contributed by atoms with Gasteiger partial charge in [0.05, 0.1) is 11.6 Å². The molecule has 0 amide bonds. The molecule has 58 heavy (non-hydrogen) atoms. The molecule has 1 aromatic heterocycles. The minimum Gasteiger partial charge on any atom is -0.208 e. The summed E-state index contributed by atoms with van der Waals surface area (Å²) in [5, 5.41) is 15.2. The van der Waals surface area contributed by atoms with Crippen LogP contribution in [-0.4, -0.2) is 23.0 Å². The smallest absolute Gasteiger partial charge is 0.183 e. The predicted octanol–water partition coefficient (Wildman–Crippen LogP) is 9.90. The largest absolute Gasteiger partial charge is 0.208 e. The van der Waals surface area contributed by atoms with Gasteiger partial charge in [0.25, 0.3) is 0 Å². The van der Waals surface area contributed by atoms with Gasteiger partial charge in [-0.2, -0.15) is 5.26 Å². The van der Waals surface area contributed by atoms with Crippen molar-refractivity contribution in [1.29, 1.82) is 5.26 Å². The van der Waals surface area contributed by atoms with Gasteiger partial charge in [0.15, 0.2) is 25.5 Å². The third-order valence-electron chi connectivity index (χ3n) is 11.5. The van der Waals surface area contributed by atoms with Crippen LogP contribution in [-0.2, 0) is 0 Å². The van der Waals surface area contributed by atoms with Crippen molar-refractivity contribution in [2.75, 3.05) is 0 Å². The van der Waals surface area contributed by atoms with E-state index >= 15 is 0 Å². The lowest BCUT2D eigenvalue weighted by Crippen LogP contribution is -2.74. The molecular weight excluding hydrogens is 741 g/mol. The highest BCUT2D eigenvalue weighted by molar-refractivity contribution is 8.00. The summed E-state index contributed by atoms with van der Waals surface area (Å²) >= 11 is 1.90. The zero-order chi connectivity index (χ0) is 38.6. The number of hydrogen-bond donors (Lipinski definition) is 0. The quantitative estimate of drug-likeness (QED) is 0.163. The molecule has 270 valence electrons. The Balaban J connectivity index is 1.04. The van der Waals surface area contributed by atoms with Gasteiger partial charge in [-0.3, -0.25) is 0 Å². The van der Waals surface area contributed by atoms with Gasteiger partial charge in [-0.25, -0.2) is 15.0 Å². The maximum absolute atomic E-state index is 9.31. The van der Waals surface area contributed by atoms with Crippen molar-refractivity contribution in [3.63, 3.8) is 0 Å². The average Bonchev–Trinajstić information content (AvgIpc) is 3.60. The van der Waals surface area contributed by atoms with E-state index in [1.54, 1.807) is 0 Å². The van der Waals surface area contributed by atoms with Gasteiger partial charge in [0, 0.05) is 26.5 Å². The molecule has 0 atom stereocenters. The fourth-order valence-electron chi connectivity index (χ4n) is 8.87. The fraction of sp³-hybridized carbons (Fsp3) is 0. The number of nitrogens with zero attached hydrogens (tertiary/aromatic N) is 4. The zero-order valence-corrected chi connectivity index (χ0v) is 33.0. The summed E-state index contributed by atoms with van der Waals surface area (Å²) in [7, 11) is -2.60. The van der Waals surface area contributed by atoms with Crippen LogP contribution in [0.4, 0.5) is 0 Å². The molecule has 0 unspecified atom stereocenters. The Hall–Kier alpha value is -7.17. The van der Waals surface area contributed by atoms with Gasteiger partial charge in [-0.1, -0.05) is 176 Å². The van der Waals surface area contributed by atoms with Crippen molar-refractivity contribution in [2.24, 2.45) is 0 Å². The Kier molecular flexibility index (Phi) is 8.11. The molecule has 0 saturated carbocycles. The van der Waals surface area contributed by atoms with Crippen molar-refractivity contribution >= 4 is 40.6 Å². The first-order chi connectivity index (χ1) is 28.7. The molecule has 3 heterocycles. The summed E-state index contributed by atoms with van der Waals surface area (Å²) in [6.45, 7) is 0. The molecule has 0 N–H and O–H groups in total. The van der Waals surface area contributed by atoms with Crippen LogP contribution in [0.15, 0.2) is 204 Å². The molecule has 9 aromatic rings. The molecule has 0 saturated heterocycles. The van der Waals surface area contributed by atoms with Gasteiger partial charge in [-0.05, 0) is 84.5 Å². The molecule has 0 aliphatic carbocycles. The van der Waals surface area contributed by atoms with Crippen molar-refractivity contribution in [2.45, 2.75) is 9.79 Å². The lowest BCUT2D eigenvalue weighted by molar-refractivity contribution is 1.07. The van der Waals surface area contributed by atoms with E-state index in [1.807, 2.05) is 78.5 Å². The van der Waals surface area contributed by atoms with E-state index in [1.165, 1.54) is 47.2 Å². The van der Waals surface area contributed by atoms with E-state index in [0.717, 1.165) is 33.4 Å². The van der Waals surface area contributed by atoms with Crippen molar-refractivity contribution in [3.05, 3.63) is 200 Å². The summed E-state index contributed by atoms with van der Waals surface area (Å²) in [4.78, 5) is 17.8. The Labute approximate surface area is 342 Å². The third-order valence-corrected chi connectivity index (χ3v) is 17.9. The molecule has 2 aliphatic heterocycles. The number of benzene rings is 8. The van der Waals surface area contributed by atoms with Gasteiger partial charge >= 0.3 is 0 Å². The van der Waals surface area contributed by atoms with E-state index in [2.05, 4.69) is 133 Å². The third kappa shape index (κ3) is 5.40. The molecule has 1 spiro atoms. The second kappa shape index (κ2) is 13.8. The minimum absolute atomic E-state index is 0.599. The highest BCUT2D eigenvalue weighted by Crippen LogP contribution is 2.41. The summed E-state index contributed by atoms with van der Waals surface area (Å²) in [5.41, 5.74) is 10.5. The second-order valence-electron chi connectivity index (χ2n) is 14.6. The monoisotopic (exact) mass is 772 g/mol. The standard InChI is InChI=1S/C52H32N4SSi/c53-33-34-24-26-35(27-25-34)39-14-10-15-40(32-39)52-55-50(37-12-2-1-3-13-37)54-51(56-52)38-30-28-36(29-31-38)41-17-11-23-48-49(41)42-16-4-7-20-45(42)58(48)46-21-8-5-18-43(46)57-44-19-6-9-22-47(44)58/h1-32H. The zero-order valence-electron chi connectivity index (χ0n) is 31.2. The molecule has 0 bridgehead atoms. The maximum atomic E-state index is 9.31. The number of rotatable bonds is 5. The SMILES string of the molecule is N#Cc1ccc(-c2cccc(-c3nc(-c4ccccc4)nc(-c4ccc(-c5cccc6c5-c5ccccc5[Si]65c6ccccc6Sc6ccccc65)cc4)n3)c2)cc1. The van der Waals surface area contributed by atoms with Crippen molar-refractivity contribution in [3.8, 4) is 73.6 Å². The number of fused-ring (bicyclic) bond motifs is 9. The molecule has 0 fully saturated rings. The van der Waals surface area contributed by atoms with Crippen LogP contribution in [0, 0.1) is 11.3 Å². The van der Waals surface area contributed by atoms with Crippen molar-refractivity contribution < 1.29 is 0 Å². The summed E-state index contributed by atoms with van der Waals surface area (Å²) in [5.74, 6) is 1.83. The topological polar surface area (TPSA) is 62.5 Å². The Morgan fingerprint density at radius 3 is 1.55 bits per heavy atom. The molecular formula is C52H32N4SSi. The Bertz CT molecular complexity index is 3050. The predicted molar refractivity (Wildman–Crippen MR) is 238 cm³/mol. The van der Waals surface area contributed by atoms with Crippen LogP contribution in [0.3, 0.4) is 0 Å². The van der Waals surface area contributed by atoms with E-state index in [0.29, 0.717) is 23.0 Å². The van der Waals surface area contributed by atoms with Gasteiger partial charge in [0.1, 0.15) is 0 Å². The molecule has 2 aliphatic rings. The average molecular weight is 773 g/mol.